The van der Waals surface area contributed by atoms with E-state index < -0.39 is 0 Å². The number of amides is 1. The molecule has 0 atom stereocenters. The zero-order valence-electron chi connectivity index (χ0n) is 11.0. The molecule has 4 heteroatoms. The molecule has 2 rings (SSSR count). The number of carbonyl (C=O) groups excluding carboxylic acids is 1. The van der Waals surface area contributed by atoms with Gasteiger partial charge in [0.2, 0.25) is 0 Å². The van der Waals surface area contributed by atoms with Crippen molar-refractivity contribution in [1.82, 2.24) is 4.98 Å². The molecule has 1 aromatic heterocycles. The van der Waals surface area contributed by atoms with Crippen LogP contribution in [0, 0.1) is 5.92 Å². The predicted molar refractivity (Wildman–Crippen MR) is 80.4 cm³/mol. The molecule has 1 N–H and O–H groups in total. The van der Waals surface area contributed by atoms with Gasteiger partial charge in [-0.1, -0.05) is 38.1 Å². The number of aromatic nitrogens is 1. The van der Waals surface area contributed by atoms with Crippen LogP contribution >= 0.6 is 11.3 Å². The van der Waals surface area contributed by atoms with Crippen LogP contribution in [0.3, 0.4) is 0 Å². The fourth-order valence-corrected chi connectivity index (χ4v) is 2.03. The number of rotatable bonds is 4. The third kappa shape index (κ3) is 4.03. The molecule has 2 aromatic rings. The van der Waals surface area contributed by atoms with Crippen LogP contribution in [0.25, 0.3) is 6.08 Å². The summed E-state index contributed by atoms with van der Waals surface area (Å²) < 4.78 is 0. The van der Waals surface area contributed by atoms with E-state index in [-0.39, 0.29) is 5.91 Å². The number of nitrogens with one attached hydrogen (secondary N) is 1. The molecular formula is C15H16N2OS. The Bertz CT molecular complexity index is 556. The maximum Gasteiger partial charge on any atom is 0.257 e. The van der Waals surface area contributed by atoms with Gasteiger partial charge in [-0.3, -0.25) is 10.1 Å². The van der Waals surface area contributed by atoms with Gasteiger partial charge in [0.05, 0.1) is 0 Å². The fourth-order valence-electron chi connectivity index (χ4n) is 1.50. The van der Waals surface area contributed by atoms with Gasteiger partial charge in [-0.25, -0.2) is 4.98 Å². The maximum absolute atomic E-state index is 11.9. The Morgan fingerprint density at radius 2 is 2.05 bits per heavy atom. The number of hydrogen-bond acceptors (Lipinski definition) is 3. The van der Waals surface area contributed by atoms with Crippen molar-refractivity contribution in [3.63, 3.8) is 0 Å². The summed E-state index contributed by atoms with van der Waals surface area (Å²) in [6.45, 7) is 4.26. The first-order chi connectivity index (χ1) is 9.15. The molecule has 0 fully saturated rings. The van der Waals surface area contributed by atoms with Crippen molar-refractivity contribution in [3.8, 4) is 0 Å². The van der Waals surface area contributed by atoms with Gasteiger partial charge >= 0.3 is 0 Å². The smallest absolute Gasteiger partial charge is 0.257 e. The van der Waals surface area contributed by atoms with Crippen LogP contribution in [0.2, 0.25) is 0 Å². The van der Waals surface area contributed by atoms with Gasteiger partial charge in [-0.2, -0.15) is 0 Å². The molecule has 0 unspecified atom stereocenters. The van der Waals surface area contributed by atoms with Gasteiger partial charge in [0.1, 0.15) is 0 Å². The molecule has 0 bridgehead atoms. The second-order valence-electron chi connectivity index (χ2n) is 4.52. The fraction of sp³-hybridized carbons (Fsp3) is 0.200. The lowest BCUT2D eigenvalue weighted by atomic mass is 10.1. The quantitative estimate of drug-likeness (QED) is 0.911. The summed E-state index contributed by atoms with van der Waals surface area (Å²) in [4.78, 5) is 16.0. The van der Waals surface area contributed by atoms with E-state index in [1.165, 1.54) is 11.3 Å². The number of nitrogens with zero attached hydrogens (tertiary/aromatic N) is 1. The highest BCUT2D eigenvalue weighted by molar-refractivity contribution is 7.13. The standard InChI is InChI=1S/C15H16N2OS/c1-11(2)3-4-12-5-7-13(8-6-12)14(18)17-15-16-9-10-19-15/h3-11H,1-2H3,(H,16,17,18)/b4-3+. The van der Waals surface area contributed by atoms with E-state index in [1.807, 2.05) is 29.6 Å². The van der Waals surface area contributed by atoms with Gasteiger partial charge in [0.15, 0.2) is 5.13 Å². The van der Waals surface area contributed by atoms with Gasteiger partial charge in [-0.15, -0.1) is 11.3 Å². The number of thiazole rings is 1. The summed E-state index contributed by atoms with van der Waals surface area (Å²) in [7, 11) is 0. The molecule has 1 heterocycles. The molecule has 0 spiro atoms. The molecule has 3 nitrogen and oxygen atoms in total. The summed E-state index contributed by atoms with van der Waals surface area (Å²) >= 11 is 1.41. The van der Waals surface area contributed by atoms with E-state index in [1.54, 1.807) is 6.20 Å². The average molecular weight is 272 g/mol. The molecule has 0 saturated heterocycles. The van der Waals surface area contributed by atoms with E-state index in [2.05, 4.69) is 36.3 Å². The molecular weight excluding hydrogens is 256 g/mol. The number of benzene rings is 1. The largest absolute Gasteiger partial charge is 0.298 e. The molecule has 0 aliphatic carbocycles. The van der Waals surface area contributed by atoms with Gasteiger partial charge in [0.25, 0.3) is 5.91 Å². The minimum atomic E-state index is -0.130. The number of allylic oxidation sites excluding steroid dienone is 1. The summed E-state index contributed by atoms with van der Waals surface area (Å²) in [5.74, 6) is 0.391. The summed E-state index contributed by atoms with van der Waals surface area (Å²) in [6, 6.07) is 7.52. The van der Waals surface area contributed by atoms with Crippen LogP contribution in [0.1, 0.15) is 29.8 Å². The minimum absolute atomic E-state index is 0.130. The van der Waals surface area contributed by atoms with Crippen LogP contribution < -0.4 is 5.32 Å². The first-order valence-corrected chi connectivity index (χ1v) is 7.02. The molecule has 1 amide bonds. The topological polar surface area (TPSA) is 42.0 Å². The molecule has 0 radical (unpaired) electrons. The van der Waals surface area contributed by atoms with Gasteiger partial charge in [0, 0.05) is 17.1 Å². The number of hydrogen-bond donors (Lipinski definition) is 1. The third-order valence-corrected chi connectivity index (χ3v) is 3.19. The lowest BCUT2D eigenvalue weighted by molar-refractivity contribution is 0.102. The predicted octanol–water partition coefficient (Wildman–Crippen LogP) is 4.06. The monoisotopic (exact) mass is 272 g/mol. The van der Waals surface area contributed by atoms with Crippen molar-refractivity contribution < 1.29 is 4.79 Å². The van der Waals surface area contributed by atoms with Crippen molar-refractivity contribution in [1.29, 1.82) is 0 Å². The summed E-state index contributed by atoms with van der Waals surface area (Å²) in [6.07, 6.45) is 5.86. The van der Waals surface area contributed by atoms with Crippen LogP contribution in [0.4, 0.5) is 5.13 Å². The Labute approximate surface area is 117 Å². The van der Waals surface area contributed by atoms with Gasteiger partial charge < -0.3 is 0 Å². The third-order valence-electron chi connectivity index (χ3n) is 2.50. The van der Waals surface area contributed by atoms with Crippen molar-refractivity contribution in [3.05, 3.63) is 53.0 Å². The van der Waals surface area contributed by atoms with Crippen LogP contribution in [-0.2, 0) is 0 Å². The van der Waals surface area contributed by atoms with Gasteiger partial charge in [-0.05, 0) is 23.6 Å². The summed E-state index contributed by atoms with van der Waals surface area (Å²) in [5.41, 5.74) is 1.73. The van der Waals surface area contributed by atoms with E-state index in [4.69, 9.17) is 0 Å². The average Bonchev–Trinajstić information content (AvgIpc) is 2.89. The van der Waals surface area contributed by atoms with E-state index >= 15 is 0 Å². The Kier molecular flexibility index (Phi) is 4.47. The highest BCUT2D eigenvalue weighted by Crippen LogP contribution is 2.13. The second-order valence-corrected chi connectivity index (χ2v) is 5.41. The molecule has 98 valence electrons. The van der Waals surface area contributed by atoms with Crippen molar-refractivity contribution in [2.45, 2.75) is 13.8 Å². The number of carbonyl (C=O) groups is 1. The first kappa shape index (κ1) is 13.5. The molecule has 0 saturated carbocycles. The lowest BCUT2D eigenvalue weighted by Crippen LogP contribution is -2.11. The first-order valence-electron chi connectivity index (χ1n) is 6.14. The van der Waals surface area contributed by atoms with Crippen LogP contribution in [-0.4, -0.2) is 10.9 Å². The minimum Gasteiger partial charge on any atom is -0.298 e. The van der Waals surface area contributed by atoms with E-state index in [9.17, 15) is 4.79 Å². The highest BCUT2D eigenvalue weighted by atomic mass is 32.1. The SMILES string of the molecule is CC(C)/C=C/c1ccc(C(=O)Nc2nccs2)cc1. The lowest BCUT2D eigenvalue weighted by Gasteiger charge is -2.02. The molecule has 0 aliphatic heterocycles. The van der Waals surface area contributed by atoms with Crippen molar-refractivity contribution in [2.75, 3.05) is 5.32 Å². The van der Waals surface area contributed by atoms with E-state index in [0.29, 0.717) is 16.6 Å². The second kappa shape index (κ2) is 6.29. The molecule has 0 aliphatic rings. The van der Waals surface area contributed by atoms with Crippen LogP contribution in [0.15, 0.2) is 41.9 Å². The van der Waals surface area contributed by atoms with Crippen molar-refractivity contribution in [2.24, 2.45) is 5.92 Å². The molecule has 19 heavy (non-hydrogen) atoms. The maximum atomic E-state index is 11.9. The van der Waals surface area contributed by atoms with Crippen molar-refractivity contribution >= 4 is 28.5 Å². The normalized spacial score (nSPS) is 11.1. The highest BCUT2D eigenvalue weighted by Gasteiger charge is 2.06. The zero-order chi connectivity index (χ0) is 13.7. The Hall–Kier alpha value is -1.94. The Morgan fingerprint density at radius 3 is 2.63 bits per heavy atom. The van der Waals surface area contributed by atoms with E-state index in [0.717, 1.165) is 5.56 Å². The van der Waals surface area contributed by atoms with Crippen LogP contribution in [0.5, 0.6) is 0 Å². The molecule has 1 aromatic carbocycles. The Balaban J connectivity index is 2.03. The Morgan fingerprint density at radius 1 is 1.32 bits per heavy atom. The zero-order valence-corrected chi connectivity index (χ0v) is 11.8. The summed E-state index contributed by atoms with van der Waals surface area (Å²) in [5, 5.41) is 5.21. The number of anilines is 1.